The van der Waals surface area contributed by atoms with E-state index >= 15 is 0 Å². The van der Waals surface area contributed by atoms with Crippen LogP contribution in [0, 0.1) is 0 Å². The number of hydrogen-bond acceptors (Lipinski definition) is 7. The van der Waals surface area contributed by atoms with Crippen molar-refractivity contribution in [1.29, 1.82) is 0 Å². The molecule has 0 atom stereocenters. The molecule has 2 N–H and O–H groups in total. The summed E-state index contributed by atoms with van der Waals surface area (Å²) in [6.45, 7) is -0.549. The fraction of sp³-hybridized carbons (Fsp3) is 0.222. The van der Waals surface area contributed by atoms with Crippen LogP contribution in [0.5, 0.6) is 0 Å². The lowest BCUT2D eigenvalue weighted by atomic mass is 10.2. The topological polar surface area (TPSA) is 112 Å². The Morgan fingerprint density at radius 3 is 2.55 bits per heavy atom. The highest BCUT2D eigenvalue weighted by atomic mass is 32.2. The molecule has 1 aromatic heterocycles. The second kappa shape index (κ2) is 8.52. The van der Waals surface area contributed by atoms with Crippen LogP contribution < -0.4 is 5.73 Å². The Morgan fingerprint density at radius 2 is 1.97 bits per heavy atom. The first kappa shape index (κ1) is 22.2. The summed E-state index contributed by atoms with van der Waals surface area (Å²) in [4.78, 5) is 15.1. The molecule has 2 aromatic rings. The van der Waals surface area contributed by atoms with Gasteiger partial charge >= 0.3 is 12.1 Å². The van der Waals surface area contributed by atoms with Crippen LogP contribution in [0.3, 0.4) is 0 Å². The molecule has 0 radical (unpaired) electrons. The van der Waals surface area contributed by atoms with Gasteiger partial charge in [-0.1, -0.05) is 12.1 Å². The Labute approximate surface area is 164 Å². The number of nitrogens with two attached hydrogens (primary N) is 1. The lowest BCUT2D eigenvalue weighted by Crippen LogP contribution is -2.21. The van der Waals surface area contributed by atoms with E-state index in [-0.39, 0.29) is 22.1 Å². The third-order valence-corrected chi connectivity index (χ3v) is 4.74. The first-order valence-corrected chi connectivity index (χ1v) is 9.87. The molecule has 0 unspecified atom stereocenters. The molecule has 1 heterocycles. The van der Waals surface area contributed by atoms with Gasteiger partial charge < -0.3 is 14.9 Å². The van der Waals surface area contributed by atoms with Crippen LogP contribution in [0.15, 0.2) is 62.5 Å². The van der Waals surface area contributed by atoms with Crippen molar-refractivity contribution in [3.05, 3.63) is 53.9 Å². The van der Waals surface area contributed by atoms with E-state index < -0.39 is 34.2 Å². The lowest BCUT2D eigenvalue weighted by Gasteiger charge is -2.07. The largest absolute Gasteiger partial charge is 0.468 e. The fourth-order valence-electron chi connectivity index (χ4n) is 2.15. The summed E-state index contributed by atoms with van der Waals surface area (Å²) in [5.74, 6) is -0.676. The number of furan rings is 1. The quantitative estimate of drug-likeness (QED) is 0.557. The number of alkyl halides is 3. The number of halogens is 3. The molecule has 2 rings (SSSR count). The minimum atomic E-state index is -4.80. The van der Waals surface area contributed by atoms with Gasteiger partial charge in [-0.3, -0.25) is 9.79 Å². The van der Waals surface area contributed by atoms with E-state index in [1.54, 1.807) is 6.07 Å². The Bertz CT molecular complexity index is 1070. The van der Waals surface area contributed by atoms with Crippen molar-refractivity contribution >= 4 is 21.5 Å². The summed E-state index contributed by atoms with van der Waals surface area (Å²) < 4.78 is 71.7. The van der Waals surface area contributed by atoms with Gasteiger partial charge in [-0.15, -0.1) is 0 Å². The predicted octanol–water partition coefficient (Wildman–Crippen LogP) is 2.72. The maximum Gasteiger partial charge on any atom is 0.430 e. The predicted molar refractivity (Wildman–Crippen MR) is 99.0 cm³/mol. The first-order valence-electron chi connectivity index (χ1n) is 7.98. The van der Waals surface area contributed by atoms with Crippen molar-refractivity contribution in [3.63, 3.8) is 0 Å². The molecular weight excluding hydrogens is 413 g/mol. The van der Waals surface area contributed by atoms with Crippen LogP contribution in [0.1, 0.15) is 5.76 Å². The summed E-state index contributed by atoms with van der Waals surface area (Å²) in [5, 5.41) is 0. The molecule has 0 aliphatic rings. The number of carbonyl (C=O) groups is 1. The highest BCUT2D eigenvalue weighted by Crippen LogP contribution is 2.26. The Balaban J connectivity index is 2.47. The molecule has 7 nitrogen and oxygen atoms in total. The smallest absolute Gasteiger partial charge is 0.430 e. The summed E-state index contributed by atoms with van der Waals surface area (Å²) in [7, 11) is -2.36. The van der Waals surface area contributed by atoms with Crippen molar-refractivity contribution in [2.75, 3.05) is 19.9 Å². The van der Waals surface area contributed by atoms with Gasteiger partial charge in [-0.05, 0) is 30.3 Å². The van der Waals surface area contributed by atoms with Gasteiger partial charge in [-0.25, -0.2) is 8.42 Å². The van der Waals surface area contributed by atoms with Crippen molar-refractivity contribution in [3.8, 4) is 11.3 Å². The highest BCUT2D eigenvalue weighted by molar-refractivity contribution is 7.90. The summed E-state index contributed by atoms with van der Waals surface area (Å²) in [6.07, 6.45) is -3.22. The second-order valence-corrected chi connectivity index (χ2v) is 7.85. The van der Waals surface area contributed by atoms with Crippen LogP contribution in [0.4, 0.5) is 13.2 Å². The molecule has 0 amide bonds. The Morgan fingerprint density at radius 1 is 1.28 bits per heavy atom. The standard InChI is InChI=1S/C18H17F3N2O5S/c1-27-17(24)10-23-13(9-16(22)18(19,20)21)15-7-6-14(28-15)11-4-3-5-12(8-11)29(2,25)26/h3-9H,10,22H2,1-2H3/b16-9-,23-13?. The third kappa shape index (κ3) is 5.95. The maximum atomic E-state index is 12.8. The molecule has 0 fully saturated rings. The fourth-order valence-corrected chi connectivity index (χ4v) is 2.82. The van der Waals surface area contributed by atoms with E-state index in [1.807, 2.05) is 0 Å². The number of aliphatic imine (C=N–C) groups is 1. The van der Waals surface area contributed by atoms with Gasteiger partial charge in [0, 0.05) is 11.8 Å². The van der Waals surface area contributed by atoms with Crippen LogP contribution in [-0.2, 0) is 19.4 Å². The minimum absolute atomic E-state index is 0.0498. The normalized spacial score (nSPS) is 13.4. The molecule has 0 aliphatic carbocycles. The van der Waals surface area contributed by atoms with E-state index in [2.05, 4.69) is 9.73 Å². The summed E-state index contributed by atoms with van der Waals surface area (Å²) in [5.41, 5.74) is 3.68. The molecule has 0 spiro atoms. The number of nitrogens with zero attached hydrogens (tertiary/aromatic N) is 1. The van der Waals surface area contributed by atoms with Crippen molar-refractivity contribution in [1.82, 2.24) is 0 Å². The monoisotopic (exact) mass is 430 g/mol. The molecule has 0 saturated carbocycles. The third-order valence-electron chi connectivity index (χ3n) is 3.63. The van der Waals surface area contributed by atoms with Gasteiger partial charge in [0.25, 0.3) is 0 Å². The zero-order valence-electron chi connectivity index (χ0n) is 15.4. The molecule has 29 heavy (non-hydrogen) atoms. The number of ether oxygens (including phenoxy) is 1. The number of carbonyl (C=O) groups excluding carboxylic acids is 1. The van der Waals surface area contributed by atoms with E-state index in [0.29, 0.717) is 11.6 Å². The number of esters is 1. The molecule has 0 bridgehead atoms. The van der Waals surface area contributed by atoms with Gasteiger partial charge in [0.15, 0.2) is 15.6 Å². The number of rotatable bonds is 6. The van der Waals surface area contributed by atoms with E-state index in [4.69, 9.17) is 10.2 Å². The molecule has 1 aromatic carbocycles. The lowest BCUT2D eigenvalue weighted by molar-refractivity contribution is -0.138. The number of allylic oxidation sites excluding steroid dienone is 2. The van der Waals surface area contributed by atoms with Crippen LogP contribution >= 0.6 is 0 Å². The molecule has 0 aliphatic heterocycles. The minimum Gasteiger partial charge on any atom is -0.468 e. The average Bonchev–Trinajstić information content (AvgIpc) is 3.13. The van der Waals surface area contributed by atoms with E-state index in [0.717, 1.165) is 13.4 Å². The molecule has 0 saturated heterocycles. The maximum absolute atomic E-state index is 12.8. The van der Waals surface area contributed by atoms with E-state index in [9.17, 15) is 26.4 Å². The summed E-state index contributed by atoms with van der Waals surface area (Å²) >= 11 is 0. The van der Waals surface area contributed by atoms with Gasteiger partial charge in [0.2, 0.25) is 0 Å². The summed E-state index contributed by atoms with van der Waals surface area (Å²) in [6, 6.07) is 8.60. The van der Waals surface area contributed by atoms with Crippen molar-refractivity contribution in [2.45, 2.75) is 11.1 Å². The zero-order valence-corrected chi connectivity index (χ0v) is 16.2. The van der Waals surface area contributed by atoms with Crippen molar-refractivity contribution in [2.24, 2.45) is 10.7 Å². The van der Waals surface area contributed by atoms with Gasteiger partial charge in [0.1, 0.15) is 23.7 Å². The number of hydrogen-bond donors (Lipinski definition) is 1. The van der Waals surface area contributed by atoms with Crippen LogP contribution in [0.25, 0.3) is 11.3 Å². The highest BCUT2D eigenvalue weighted by Gasteiger charge is 2.32. The van der Waals surface area contributed by atoms with E-state index in [1.165, 1.54) is 30.3 Å². The van der Waals surface area contributed by atoms with Crippen molar-refractivity contribution < 1.29 is 35.5 Å². The number of sulfone groups is 1. The number of methoxy groups -OCH3 is 1. The molecule has 156 valence electrons. The van der Waals surface area contributed by atoms with Crippen LogP contribution in [0.2, 0.25) is 0 Å². The molecular formula is C18H17F3N2O5S. The van der Waals surface area contributed by atoms with Gasteiger partial charge in [0.05, 0.1) is 12.0 Å². The second-order valence-electron chi connectivity index (χ2n) is 5.84. The molecule has 11 heteroatoms. The van der Waals surface area contributed by atoms with Gasteiger partial charge in [-0.2, -0.15) is 13.2 Å². The first-order chi connectivity index (χ1) is 13.4. The Kier molecular flexibility index (Phi) is 6.52. The SMILES string of the molecule is COC(=O)CN=C(/C=C(\N)C(F)(F)F)c1ccc(-c2cccc(S(C)(=O)=O)c2)o1. The zero-order chi connectivity index (χ0) is 21.8. The van der Waals surface area contributed by atoms with Crippen LogP contribution in [-0.4, -0.2) is 46.2 Å². The number of benzene rings is 1. The Hall–Kier alpha value is -3.08. The average molecular weight is 430 g/mol.